The van der Waals surface area contributed by atoms with Gasteiger partial charge in [-0.05, 0) is 37.3 Å². The average Bonchev–Trinajstić information content (AvgIpc) is 2.67. The van der Waals surface area contributed by atoms with Crippen molar-refractivity contribution in [2.45, 2.75) is 13.0 Å². The first-order valence-electron chi connectivity index (χ1n) is 8.04. The fourth-order valence-corrected chi connectivity index (χ4v) is 2.71. The summed E-state index contributed by atoms with van der Waals surface area (Å²) in [5, 5.41) is 2.82. The van der Waals surface area contributed by atoms with E-state index >= 15 is 0 Å². The van der Waals surface area contributed by atoms with E-state index in [1.165, 1.54) is 10.6 Å². The molecule has 1 aromatic carbocycles. The number of benzene rings is 1. The third kappa shape index (κ3) is 3.23. The summed E-state index contributed by atoms with van der Waals surface area (Å²) in [7, 11) is 3.12. The number of nitrogens with zero attached hydrogens (tertiary/aromatic N) is 2. The number of rotatable bonds is 5. The zero-order valence-electron chi connectivity index (χ0n) is 14.7. The monoisotopic (exact) mass is 353 g/mol. The molecule has 26 heavy (non-hydrogen) atoms. The summed E-state index contributed by atoms with van der Waals surface area (Å²) in [6, 6.07) is 10.1. The van der Waals surface area contributed by atoms with Gasteiger partial charge in [-0.2, -0.15) is 0 Å². The van der Waals surface area contributed by atoms with Gasteiger partial charge in [-0.1, -0.05) is 6.07 Å². The molecule has 0 saturated carbocycles. The number of hydrogen-bond acceptors (Lipinski definition) is 5. The minimum atomic E-state index is -0.502. The summed E-state index contributed by atoms with van der Waals surface area (Å²) in [6.07, 6.45) is 2.87. The standard InChI is InChI=1S/C19H19N3O4/c1-12(14-10-13(25-2)7-8-16(14)26-3)21-18(23)15-11-20-17-6-4-5-9-22(17)19(15)24/h4-12H,1-3H3,(H,21,23)/t12-/m1/s1. The molecule has 7 nitrogen and oxygen atoms in total. The number of carbonyl (C=O) groups is 1. The van der Waals surface area contributed by atoms with E-state index in [0.717, 1.165) is 5.56 Å². The van der Waals surface area contributed by atoms with Crippen LogP contribution in [0.25, 0.3) is 5.65 Å². The molecule has 1 atom stereocenters. The summed E-state index contributed by atoms with van der Waals surface area (Å²) >= 11 is 0. The van der Waals surface area contributed by atoms with Crippen molar-refractivity contribution in [3.8, 4) is 11.5 Å². The molecule has 1 N–H and O–H groups in total. The first-order valence-corrected chi connectivity index (χ1v) is 8.04. The molecule has 0 radical (unpaired) electrons. The largest absolute Gasteiger partial charge is 0.497 e. The van der Waals surface area contributed by atoms with E-state index in [1.54, 1.807) is 63.7 Å². The molecule has 0 aliphatic rings. The SMILES string of the molecule is COc1ccc(OC)c([C@@H](C)NC(=O)c2cnc3ccccn3c2=O)c1. The van der Waals surface area contributed by atoms with E-state index in [2.05, 4.69) is 10.3 Å². The molecule has 7 heteroatoms. The number of methoxy groups -OCH3 is 2. The normalized spacial score (nSPS) is 11.8. The average molecular weight is 353 g/mol. The molecule has 0 saturated heterocycles. The molecule has 134 valence electrons. The van der Waals surface area contributed by atoms with Crippen LogP contribution in [0.15, 0.2) is 53.6 Å². The fraction of sp³-hybridized carbons (Fsp3) is 0.211. The molecule has 2 aromatic heterocycles. The van der Waals surface area contributed by atoms with Crippen LogP contribution in [0.3, 0.4) is 0 Å². The van der Waals surface area contributed by atoms with Gasteiger partial charge in [-0.25, -0.2) is 4.98 Å². The predicted octanol–water partition coefficient (Wildman–Crippen LogP) is 2.20. The van der Waals surface area contributed by atoms with Crippen molar-refractivity contribution in [3.63, 3.8) is 0 Å². The number of pyridine rings is 1. The Bertz CT molecular complexity index is 1010. The zero-order chi connectivity index (χ0) is 18.7. The van der Waals surface area contributed by atoms with E-state index in [9.17, 15) is 9.59 Å². The van der Waals surface area contributed by atoms with Gasteiger partial charge in [0.1, 0.15) is 22.7 Å². The van der Waals surface area contributed by atoms with Crippen LogP contribution in [0, 0.1) is 0 Å². The lowest BCUT2D eigenvalue weighted by Crippen LogP contribution is -2.33. The van der Waals surface area contributed by atoms with E-state index in [4.69, 9.17) is 9.47 Å². The van der Waals surface area contributed by atoms with Gasteiger partial charge >= 0.3 is 0 Å². The summed E-state index contributed by atoms with van der Waals surface area (Å²) in [6.45, 7) is 1.81. The van der Waals surface area contributed by atoms with Gasteiger partial charge in [0, 0.05) is 18.0 Å². The highest BCUT2D eigenvalue weighted by Crippen LogP contribution is 2.29. The van der Waals surface area contributed by atoms with E-state index in [1.807, 2.05) is 0 Å². The van der Waals surface area contributed by atoms with Gasteiger partial charge < -0.3 is 14.8 Å². The highest BCUT2D eigenvalue weighted by Gasteiger charge is 2.19. The van der Waals surface area contributed by atoms with Crippen molar-refractivity contribution in [1.82, 2.24) is 14.7 Å². The number of aromatic nitrogens is 2. The number of ether oxygens (including phenoxy) is 2. The molecule has 3 aromatic rings. The van der Waals surface area contributed by atoms with Gasteiger partial charge in [0.2, 0.25) is 0 Å². The Labute approximate surface area is 150 Å². The van der Waals surface area contributed by atoms with Crippen molar-refractivity contribution < 1.29 is 14.3 Å². The van der Waals surface area contributed by atoms with E-state index < -0.39 is 17.5 Å². The Morgan fingerprint density at radius 2 is 2.00 bits per heavy atom. The number of amides is 1. The molecular weight excluding hydrogens is 334 g/mol. The maximum absolute atomic E-state index is 12.6. The topological polar surface area (TPSA) is 81.9 Å². The second kappa shape index (κ2) is 7.26. The molecule has 0 aliphatic heterocycles. The van der Waals surface area contributed by atoms with Gasteiger partial charge in [0.15, 0.2) is 0 Å². The van der Waals surface area contributed by atoms with Crippen molar-refractivity contribution in [3.05, 3.63) is 70.3 Å². The molecule has 3 rings (SSSR count). The number of carbonyl (C=O) groups excluding carboxylic acids is 1. The fourth-order valence-electron chi connectivity index (χ4n) is 2.71. The van der Waals surface area contributed by atoms with E-state index in [0.29, 0.717) is 17.1 Å². The Morgan fingerprint density at radius 1 is 1.19 bits per heavy atom. The summed E-state index contributed by atoms with van der Waals surface area (Å²) < 4.78 is 11.9. The highest BCUT2D eigenvalue weighted by molar-refractivity contribution is 5.94. The third-order valence-electron chi connectivity index (χ3n) is 4.11. The molecule has 0 spiro atoms. The minimum Gasteiger partial charge on any atom is -0.497 e. The van der Waals surface area contributed by atoms with Crippen molar-refractivity contribution in [2.24, 2.45) is 0 Å². The number of fused-ring (bicyclic) bond motifs is 1. The lowest BCUT2D eigenvalue weighted by molar-refractivity contribution is 0.0937. The van der Waals surface area contributed by atoms with Gasteiger partial charge in [-0.15, -0.1) is 0 Å². The van der Waals surface area contributed by atoms with Crippen molar-refractivity contribution in [1.29, 1.82) is 0 Å². The first-order chi connectivity index (χ1) is 12.5. The third-order valence-corrected chi connectivity index (χ3v) is 4.11. The summed E-state index contributed by atoms with van der Waals surface area (Å²) in [5.74, 6) is 0.763. The molecule has 0 fully saturated rings. The second-order valence-corrected chi connectivity index (χ2v) is 5.71. The van der Waals surface area contributed by atoms with Gasteiger partial charge in [-0.3, -0.25) is 14.0 Å². The van der Waals surface area contributed by atoms with Crippen LogP contribution < -0.4 is 20.3 Å². The Hall–Kier alpha value is -3.35. The lowest BCUT2D eigenvalue weighted by atomic mass is 10.1. The van der Waals surface area contributed by atoms with Gasteiger partial charge in [0.25, 0.3) is 11.5 Å². The van der Waals surface area contributed by atoms with Gasteiger partial charge in [0.05, 0.1) is 20.3 Å². The van der Waals surface area contributed by atoms with Crippen LogP contribution in [-0.4, -0.2) is 29.5 Å². The second-order valence-electron chi connectivity index (χ2n) is 5.71. The Kier molecular flexibility index (Phi) is 4.88. The van der Waals surface area contributed by atoms with Crippen LogP contribution in [0.2, 0.25) is 0 Å². The smallest absolute Gasteiger partial charge is 0.270 e. The summed E-state index contributed by atoms with van der Waals surface area (Å²) in [5.41, 5.74) is 0.783. The lowest BCUT2D eigenvalue weighted by Gasteiger charge is -2.18. The van der Waals surface area contributed by atoms with Crippen molar-refractivity contribution >= 4 is 11.6 Å². The van der Waals surface area contributed by atoms with E-state index in [-0.39, 0.29) is 5.56 Å². The van der Waals surface area contributed by atoms with Crippen LogP contribution >= 0.6 is 0 Å². The summed E-state index contributed by atoms with van der Waals surface area (Å²) in [4.78, 5) is 29.3. The maximum Gasteiger partial charge on any atom is 0.270 e. The molecule has 0 bridgehead atoms. The quantitative estimate of drug-likeness (QED) is 0.760. The van der Waals surface area contributed by atoms with Crippen LogP contribution in [-0.2, 0) is 0 Å². The Morgan fingerprint density at radius 3 is 2.73 bits per heavy atom. The van der Waals surface area contributed by atoms with Crippen LogP contribution in [0.4, 0.5) is 0 Å². The van der Waals surface area contributed by atoms with Crippen LogP contribution in [0.5, 0.6) is 11.5 Å². The molecule has 0 aliphatic carbocycles. The zero-order valence-corrected chi connectivity index (χ0v) is 14.7. The molecule has 1 amide bonds. The van der Waals surface area contributed by atoms with Crippen LogP contribution in [0.1, 0.15) is 28.9 Å². The molecular formula is C19H19N3O4. The highest BCUT2D eigenvalue weighted by atomic mass is 16.5. The predicted molar refractivity (Wildman–Crippen MR) is 96.9 cm³/mol. The minimum absolute atomic E-state index is 0.0255. The maximum atomic E-state index is 12.6. The number of hydrogen-bond donors (Lipinski definition) is 1. The number of nitrogens with one attached hydrogen (secondary N) is 1. The molecule has 2 heterocycles. The first kappa shape index (κ1) is 17.5. The molecule has 0 unspecified atom stereocenters. The van der Waals surface area contributed by atoms with Crippen molar-refractivity contribution in [2.75, 3.05) is 14.2 Å². The Balaban J connectivity index is 1.91.